The summed E-state index contributed by atoms with van der Waals surface area (Å²) in [5, 5.41) is 7.14. The maximum atomic E-state index is 13.1. The molecule has 26 heavy (non-hydrogen) atoms. The second-order valence-corrected chi connectivity index (χ2v) is 7.23. The molecule has 1 aliphatic heterocycles. The van der Waals surface area contributed by atoms with Crippen LogP contribution in [-0.2, 0) is 9.53 Å². The number of carbonyl (C=O) groups excluding carboxylic acids is 1. The lowest BCUT2D eigenvalue weighted by molar-refractivity contribution is -0.122. The van der Waals surface area contributed by atoms with Gasteiger partial charge in [0.15, 0.2) is 0 Å². The van der Waals surface area contributed by atoms with Gasteiger partial charge in [0.25, 0.3) is 0 Å². The molecule has 142 valence electrons. The number of nitrogens with one attached hydrogen (secondary N) is 2. The second kappa shape index (κ2) is 9.41. The minimum Gasteiger partial charge on any atom is -0.378 e. The summed E-state index contributed by atoms with van der Waals surface area (Å²) in [5.74, 6) is -0.273. The summed E-state index contributed by atoms with van der Waals surface area (Å²) >= 11 is 1.53. The summed E-state index contributed by atoms with van der Waals surface area (Å²) in [6.45, 7) is 5.93. The van der Waals surface area contributed by atoms with Crippen molar-refractivity contribution in [3.8, 4) is 10.6 Å². The highest BCUT2D eigenvalue weighted by molar-refractivity contribution is 7.15. The van der Waals surface area contributed by atoms with Gasteiger partial charge in [0.2, 0.25) is 5.91 Å². The minimum absolute atomic E-state index is 0. The standard InChI is InChI=1S/C18H22FN3O2S.ClH/c1-11(21-16(23)9-15-10-24-8-7-20-15)17-12(2)22-18(25-17)13-3-5-14(19)6-4-13;/h3-6,11,15,20H,7-10H2,1-2H3,(H,21,23);1H. The average Bonchev–Trinajstić information content (AvgIpc) is 2.98. The number of morpholine rings is 1. The number of aryl methyl sites for hydroxylation is 1. The summed E-state index contributed by atoms with van der Waals surface area (Å²) in [6.07, 6.45) is 0.396. The highest BCUT2D eigenvalue weighted by Crippen LogP contribution is 2.31. The molecular weight excluding hydrogens is 377 g/mol. The van der Waals surface area contributed by atoms with Crippen LogP contribution in [0.3, 0.4) is 0 Å². The summed E-state index contributed by atoms with van der Waals surface area (Å²) < 4.78 is 18.4. The molecule has 2 aromatic rings. The summed E-state index contributed by atoms with van der Waals surface area (Å²) in [6, 6.07) is 6.24. The van der Waals surface area contributed by atoms with Gasteiger partial charge in [-0.1, -0.05) is 0 Å². The molecule has 1 fully saturated rings. The van der Waals surface area contributed by atoms with E-state index in [1.165, 1.54) is 23.5 Å². The molecule has 1 aliphatic rings. The van der Waals surface area contributed by atoms with E-state index in [4.69, 9.17) is 4.74 Å². The molecule has 0 radical (unpaired) electrons. The molecular formula is C18H23ClFN3O2S. The van der Waals surface area contributed by atoms with Crippen LogP contribution in [0.25, 0.3) is 10.6 Å². The van der Waals surface area contributed by atoms with Crippen LogP contribution >= 0.6 is 23.7 Å². The van der Waals surface area contributed by atoms with E-state index in [1.54, 1.807) is 12.1 Å². The van der Waals surface area contributed by atoms with E-state index in [9.17, 15) is 9.18 Å². The van der Waals surface area contributed by atoms with Crippen LogP contribution < -0.4 is 10.6 Å². The van der Waals surface area contributed by atoms with E-state index in [0.29, 0.717) is 19.6 Å². The first-order valence-electron chi connectivity index (χ1n) is 8.36. The lowest BCUT2D eigenvalue weighted by atomic mass is 10.1. The van der Waals surface area contributed by atoms with Crippen LogP contribution in [0.4, 0.5) is 4.39 Å². The molecule has 2 atom stereocenters. The van der Waals surface area contributed by atoms with E-state index >= 15 is 0 Å². The van der Waals surface area contributed by atoms with E-state index in [-0.39, 0.29) is 36.2 Å². The third-order valence-corrected chi connectivity index (χ3v) is 5.51. The van der Waals surface area contributed by atoms with Crippen molar-refractivity contribution in [2.45, 2.75) is 32.4 Å². The van der Waals surface area contributed by atoms with Crippen LogP contribution in [0.15, 0.2) is 24.3 Å². The molecule has 0 spiro atoms. The second-order valence-electron chi connectivity index (χ2n) is 6.19. The molecule has 0 saturated carbocycles. The number of hydrogen-bond donors (Lipinski definition) is 2. The fourth-order valence-electron chi connectivity index (χ4n) is 2.87. The number of benzene rings is 1. The van der Waals surface area contributed by atoms with E-state index < -0.39 is 0 Å². The average molecular weight is 400 g/mol. The third-order valence-electron chi connectivity index (χ3n) is 4.12. The maximum Gasteiger partial charge on any atom is 0.222 e. The fraction of sp³-hybridized carbons (Fsp3) is 0.444. The first-order chi connectivity index (χ1) is 12.0. The fourth-order valence-corrected chi connectivity index (χ4v) is 3.94. The zero-order valence-electron chi connectivity index (χ0n) is 14.8. The molecule has 1 aromatic heterocycles. The van der Waals surface area contributed by atoms with Crippen molar-refractivity contribution in [1.29, 1.82) is 0 Å². The number of ether oxygens (including phenoxy) is 1. The number of amides is 1. The SMILES string of the molecule is Cc1nc(-c2ccc(F)cc2)sc1C(C)NC(=O)CC1COCCN1.Cl. The summed E-state index contributed by atoms with van der Waals surface area (Å²) in [7, 11) is 0. The van der Waals surface area contributed by atoms with E-state index in [1.807, 2.05) is 13.8 Å². The minimum atomic E-state index is -0.266. The lowest BCUT2D eigenvalue weighted by Gasteiger charge is -2.24. The zero-order valence-corrected chi connectivity index (χ0v) is 16.4. The molecule has 5 nitrogen and oxygen atoms in total. The number of rotatable bonds is 5. The highest BCUT2D eigenvalue weighted by atomic mass is 35.5. The van der Waals surface area contributed by atoms with Gasteiger partial charge >= 0.3 is 0 Å². The predicted octanol–water partition coefficient (Wildman–Crippen LogP) is 3.24. The zero-order chi connectivity index (χ0) is 17.8. The summed E-state index contributed by atoms with van der Waals surface area (Å²) in [5.41, 5.74) is 1.76. The smallest absolute Gasteiger partial charge is 0.222 e. The normalized spacial score (nSPS) is 18.0. The van der Waals surface area contributed by atoms with Crippen LogP contribution in [0.5, 0.6) is 0 Å². The molecule has 1 aromatic carbocycles. The van der Waals surface area contributed by atoms with Crippen molar-refractivity contribution in [2.24, 2.45) is 0 Å². The number of hydrogen-bond acceptors (Lipinski definition) is 5. The van der Waals surface area contributed by atoms with Gasteiger partial charge < -0.3 is 15.4 Å². The van der Waals surface area contributed by atoms with Crippen LogP contribution in [0.1, 0.15) is 30.0 Å². The van der Waals surface area contributed by atoms with Gasteiger partial charge in [0, 0.05) is 24.6 Å². The Hall–Kier alpha value is -1.54. The number of thiazole rings is 1. The quantitative estimate of drug-likeness (QED) is 0.810. The Kier molecular flexibility index (Phi) is 7.52. The van der Waals surface area contributed by atoms with Crippen LogP contribution in [-0.4, -0.2) is 36.7 Å². The van der Waals surface area contributed by atoms with Crippen molar-refractivity contribution < 1.29 is 13.9 Å². The Bertz CT molecular complexity index is 733. The van der Waals surface area contributed by atoms with Gasteiger partial charge in [-0.05, 0) is 38.1 Å². The maximum absolute atomic E-state index is 13.1. The molecule has 1 amide bonds. The molecule has 1 saturated heterocycles. The predicted molar refractivity (Wildman–Crippen MR) is 103 cm³/mol. The molecule has 3 rings (SSSR count). The van der Waals surface area contributed by atoms with Crippen molar-refractivity contribution >= 4 is 29.7 Å². The molecule has 0 aliphatic carbocycles. The highest BCUT2D eigenvalue weighted by Gasteiger charge is 2.21. The number of carbonyl (C=O) groups is 1. The van der Waals surface area contributed by atoms with Crippen molar-refractivity contribution in [3.63, 3.8) is 0 Å². The van der Waals surface area contributed by atoms with Crippen molar-refractivity contribution in [1.82, 2.24) is 15.6 Å². The van der Waals surface area contributed by atoms with Gasteiger partial charge in [-0.15, -0.1) is 23.7 Å². The van der Waals surface area contributed by atoms with Crippen LogP contribution in [0, 0.1) is 12.7 Å². The monoisotopic (exact) mass is 399 g/mol. The first kappa shape index (κ1) is 20.8. The number of nitrogens with zero attached hydrogens (tertiary/aromatic N) is 1. The van der Waals surface area contributed by atoms with Gasteiger partial charge in [0.05, 0.1) is 29.8 Å². The van der Waals surface area contributed by atoms with Gasteiger partial charge in [-0.3, -0.25) is 4.79 Å². The van der Waals surface area contributed by atoms with Gasteiger partial charge in [-0.2, -0.15) is 0 Å². The Balaban J connectivity index is 0.00000243. The Morgan fingerprint density at radius 1 is 1.46 bits per heavy atom. The topological polar surface area (TPSA) is 63.2 Å². The molecule has 2 N–H and O–H groups in total. The lowest BCUT2D eigenvalue weighted by Crippen LogP contribution is -2.44. The van der Waals surface area contributed by atoms with Crippen molar-refractivity contribution in [2.75, 3.05) is 19.8 Å². The van der Waals surface area contributed by atoms with Crippen molar-refractivity contribution in [3.05, 3.63) is 40.7 Å². The Morgan fingerprint density at radius 3 is 2.85 bits per heavy atom. The Morgan fingerprint density at radius 2 is 2.19 bits per heavy atom. The molecule has 2 heterocycles. The van der Waals surface area contributed by atoms with E-state index in [0.717, 1.165) is 27.7 Å². The van der Waals surface area contributed by atoms with E-state index in [2.05, 4.69) is 15.6 Å². The van der Waals surface area contributed by atoms with Gasteiger partial charge in [0.1, 0.15) is 10.8 Å². The van der Waals surface area contributed by atoms with Gasteiger partial charge in [-0.25, -0.2) is 9.37 Å². The summed E-state index contributed by atoms with van der Waals surface area (Å²) in [4.78, 5) is 17.8. The largest absolute Gasteiger partial charge is 0.378 e. The molecule has 2 unspecified atom stereocenters. The Labute approximate surface area is 162 Å². The number of halogens is 2. The number of aromatic nitrogens is 1. The first-order valence-corrected chi connectivity index (χ1v) is 9.18. The third kappa shape index (κ3) is 5.23. The molecule has 0 bridgehead atoms. The molecule has 8 heteroatoms. The van der Waals surface area contributed by atoms with Crippen LogP contribution in [0.2, 0.25) is 0 Å².